The Hall–Kier alpha value is -3.80. The van der Waals surface area contributed by atoms with Crippen molar-refractivity contribution in [1.29, 1.82) is 0 Å². The molecule has 3 heterocycles. The number of nitrogens with zero attached hydrogens (tertiary/aromatic N) is 4. The fraction of sp³-hybridized carbons (Fsp3) is 0.167. The van der Waals surface area contributed by atoms with Gasteiger partial charge in [-0.1, -0.05) is 0 Å². The highest BCUT2D eigenvalue weighted by molar-refractivity contribution is 5.91. The molecule has 0 aromatic carbocycles. The second kappa shape index (κ2) is 9.60. The molecule has 0 unspecified atom stereocenters. The molecule has 1 N–H and O–H groups in total. The number of amides is 1. The molecule has 0 radical (unpaired) electrons. The van der Waals surface area contributed by atoms with Gasteiger partial charge in [0.2, 0.25) is 11.8 Å². The number of hydrogen-bond donors (Lipinski definition) is 1. The maximum atomic E-state index is 13.7. The van der Waals surface area contributed by atoms with Gasteiger partial charge in [0.1, 0.15) is 18.1 Å². The molecule has 30 heavy (non-hydrogen) atoms. The summed E-state index contributed by atoms with van der Waals surface area (Å²) in [7, 11) is 1.38. The number of methoxy groups -OCH3 is 1. The molecule has 3 aromatic heterocycles. The molecule has 0 aliphatic rings. The average Bonchev–Trinajstić information content (AvgIpc) is 2.75. The highest BCUT2D eigenvalue weighted by Gasteiger charge is 2.12. The van der Waals surface area contributed by atoms with E-state index in [1.165, 1.54) is 43.9 Å². The number of carbonyl (C=O) groups excluding carboxylic acids is 1. The maximum Gasteiger partial charge on any atom is 0.388 e. The molecule has 9 nitrogen and oxygen atoms in total. The van der Waals surface area contributed by atoms with Crippen LogP contribution in [0, 0.1) is 5.82 Å². The van der Waals surface area contributed by atoms with Crippen molar-refractivity contribution in [2.24, 2.45) is 0 Å². The summed E-state index contributed by atoms with van der Waals surface area (Å²) in [5, 5.41) is 0. The predicted molar refractivity (Wildman–Crippen MR) is 94.9 cm³/mol. The minimum absolute atomic E-state index is 0.0896. The van der Waals surface area contributed by atoms with E-state index in [-0.39, 0.29) is 35.3 Å². The number of carbonyl (C=O) groups is 1. The second-order valence-electron chi connectivity index (χ2n) is 5.59. The first-order valence-electron chi connectivity index (χ1n) is 8.30. The fourth-order valence-electron chi connectivity index (χ4n) is 2.22. The smallest absolute Gasteiger partial charge is 0.388 e. The maximum absolute atomic E-state index is 13.7. The molecule has 0 saturated heterocycles. The van der Waals surface area contributed by atoms with Crippen molar-refractivity contribution in [3.8, 4) is 23.0 Å². The van der Waals surface area contributed by atoms with Crippen molar-refractivity contribution >= 4 is 5.91 Å². The highest BCUT2D eigenvalue weighted by Crippen LogP contribution is 2.19. The molecule has 0 spiro atoms. The van der Waals surface area contributed by atoms with Crippen LogP contribution < -0.4 is 15.0 Å². The molecular weight excluding hydrogens is 407 g/mol. The summed E-state index contributed by atoms with van der Waals surface area (Å²) in [5.41, 5.74) is 2.86. The third-order valence-corrected chi connectivity index (χ3v) is 3.62. The molecule has 12 heteroatoms. The average molecular weight is 421 g/mol. The Morgan fingerprint density at radius 3 is 2.63 bits per heavy atom. The highest BCUT2D eigenvalue weighted by atomic mass is 19.3. The molecule has 0 saturated carbocycles. The van der Waals surface area contributed by atoms with Gasteiger partial charge in [-0.15, -0.1) is 0 Å². The SMILES string of the molecule is COc1cc(CONC(=O)c2cncc(-c3ccc(OC(F)F)nc3)n2)c(F)cn1. The number of hydrogen-bond acceptors (Lipinski definition) is 8. The Balaban J connectivity index is 1.63. The zero-order valence-corrected chi connectivity index (χ0v) is 15.4. The summed E-state index contributed by atoms with van der Waals surface area (Å²) >= 11 is 0. The lowest BCUT2D eigenvalue weighted by atomic mass is 10.2. The van der Waals surface area contributed by atoms with E-state index in [0.717, 1.165) is 6.20 Å². The Morgan fingerprint density at radius 1 is 1.13 bits per heavy atom. The molecule has 0 aliphatic carbocycles. The van der Waals surface area contributed by atoms with E-state index in [9.17, 15) is 18.0 Å². The number of aromatic nitrogens is 4. The van der Waals surface area contributed by atoms with Crippen molar-refractivity contribution in [3.63, 3.8) is 0 Å². The van der Waals surface area contributed by atoms with E-state index in [1.54, 1.807) is 0 Å². The number of alkyl halides is 2. The van der Waals surface area contributed by atoms with Crippen molar-refractivity contribution in [2.75, 3.05) is 7.11 Å². The number of rotatable bonds is 8. The molecule has 3 rings (SSSR count). The van der Waals surface area contributed by atoms with Crippen LogP contribution >= 0.6 is 0 Å². The van der Waals surface area contributed by atoms with Crippen LogP contribution in [0.15, 0.2) is 43.0 Å². The van der Waals surface area contributed by atoms with Gasteiger partial charge in [0, 0.05) is 29.5 Å². The minimum atomic E-state index is -2.99. The summed E-state index contributed by atoms with van der Waals surface area (Å²) in [6, 6.07) is 4.00. The van der Waals surface area contributed by atoms with E-state index in [4.69, 9.17) is 9.57 Å². The first-order chi connectivity index (χ1) is 14.5. The summed E-state index contributed by atoms with van der Waals surface area (Å²) < 4.78 is 47.1. The largest absolute Gasteiger partial charge is 0.481 e. The quantitative estimate of drug-likeness (QED) is 0.553. The Labute approximate surface area is 167 Å². The standard InChI is InChI=1S/C18H14F3N5O4/c1-28-16-4-11(12(19)6-24-16)9-29-26-17(27)14-8-22-7-13(25-14)10-2-3-15(23-5-10)30-18(20)21/h2-8,18H,9H2,1H3,(H,26,27). The normalized spacial score (nSPS) is 10.7. The molecule has 0 aliphatic heterocycles. The van der Waals surface area contributed by atoms with Crippen LogP contribution in [0.25, 0.3) is 11.3 Å². The Kier molecular flexibility index (Phi) is 6.70. The van der Waals surface area contributed by atoms with Gasteiger partial charge in [0.15, 0.2) is 0 Å². The number of ether oxygens (including phenoxy) is 2. The summed E-state index contributed by atoms with van der Waals surface area (Å²) in [4.78, 5) is 32.7. The van der Waals surface area contributed by atoms with Gasteiger partial charge in [-0.2, -0.15) is 8.78 Å². The van der Waals surface area contributed by atoms with Gasteiger partial charge in [0.25, 0.3) is 5.91 Å². The molecule has 156 valence electrons. The van der Waals surface area contributed by atoms with E-state index in [1.807, 2.05) is 0 Å². The summed E-state index contributed by atoms with van der Waals surface area (Å²) in [5.74, 6) is -1.42. The lowest BCUT2D eigenvalue weighted by Gasteiger charge is -2.08. The second-order valence-corrected chi connectivity index (χ2v) is 5.59. The van der Waals surface area contributed by atoms with E-state index in [0.29, 0.717) is 5.56 Å². The van der Waals surface area contributed by atoms with Crippen molar-refractivity contribution in [2.45, 2.75) is 13.2 Å². The number of pyridine rings is 2. The van der Waals surface area contributed by atoms with Gasteiger partial charge in [-0.25, -0.2) is 24.8 Å². The Bertz CT molecular complexity index is 1020. The summed E-state index contributed by atoms with van der Waals surface area (Å²) in [6.45, 7) is -3.27. The molecule has 0 fully saturated rings. The molecule has 0 atom stereocenters. The van der Waals surface area contributed by atoms with E-state index in [2.05, 4.69) is 30.2 Å². The van der Waals surface area contributed by atoms with Gasteiger partial charge >= 0.3 is 6.61 Å². The van der Waals surface area contributed by atoms with Crippen LogP contribution in [-0.2, 0) is 11.4 Å². The third-order valence-electron chi connectivity index (χ3n) is 3.62. The first kappa shape index (κ1) is 20.9. The van der Waals surface area contributed by atoms with Crippen molar-refractivity contribution in [3.05, 3.63) is 60.1 Å². The summed E-state index contributed by atoms with van der Waals surface area (Å²) in [6.07, 6.45) is 4.78. The van der Waals surface area contributed by atoms with Crippen LogP contribution in [0.1, 0.15) is 16.1 Å². The Morgan fingerprint density at radius 2 is 1.93 bits per heavy atom. The zero-order chi connectivity index (χ0) is 21.5. The topological polar surface area (TPSA) is 108 Å². The van der Waals surface area contributed by atoms with Crippen LogP contribution in [-0.4, -0.2) is 39.6 Å². The molecule has 3 aromatic rings. The lowest BCUT2D eigenvalue weighted by molar-refractivity contribution is -0.0528. The van der Waals surface area contributed by atoms with Crippen LogP contribution in [0.5, 0.6) is 11.8 Å². The minimum Gasteiger partial charge on any atom is -0.481 e. The van der Waals surface area contributed by atoms with E-state index >= 15 is 0 Å². The lowest BCUT2D eigenvalue weighted by Crippen LogP contribution is -2.25. The monoisotopic (exact) mass is 421 g/mol. The van der Waals surface area contributed by atoms with Crippen LogP contribution in [0.2, 0.25) is 0 Å². The molecule has 0 bridgehead atoms. The first-order valence-corrected chi connectivity index (χ1v) is 8.30. The number of halogens is 3. The van der Waals surface area contributed by atoms with Gasteiger partial charge in [-0.05, 0) is 6.07 Å². The molecular formula is C18H14F3N5O4. The van der Waals surface area contributed by atoms with Gasteiger partial charge < -0.3 is 9.47 Å². The van der Waals surface area contributed by atoms with Gasteiger partial charge in [0.05, 0.1) is 31.4 Å². The predicted octanol–water partition coefficient (Wildman–Crippen LogP) is 2.54. The number of nitrogens with one attached hydrogen (secondary N) is 1. The fourth-order valence-corrected chi connectivity index (χ4v) is 2.22. The zero-order valence-electron chi connectivity index (χ0n) is 15.4. The van der Waals surface area contributed by atoms with Crippen molar-refractivity contribution in [1.82, 2.24) is 25.4 Å². The third kappa shape index (κ3) is 5.38. The van der Waals surface area contributed by atoms with Crippen LogP contribution in [0.4, 0.5) is 13.2 Å². The van der Waals surface area contributed by atoms with Crippen LogP contribution in [0.3, 0.4) is 0 Å². The molecule has 1 amide bonds. The van der Waals surface area contributed by atoms with E-state index < -0.39 is 18.3 Å². The van der Waals surface area contributed by atoms with Gasteiger partial charge in [-0.3, -0.25) is 14.6 Å². The van der Waals surface area contributed by atoms with Crippen molar-refractivity contribution < 1.29 is 32.3 Å². The number of hydroxylamine groups is 1.